The number of nitro groups is 1. The summed E-state index contributed by atoms with van der Waals surface area (Å²) in [7, 11) is 0. The lowest BCUT2D eigenvalue weighted by atomic mass is 10.1. The van der Waals surface area contributed by atoms with Gasteiger partial charge in [-0.15, -0.1) is 0 Å². The summed E-state index contributed by atoms with van der Waals surface area (Å²) >= 11 is 0. The van der Waals surface area contributed by atoms with Crippen molar-refractivity contribution in [1.29, 1.82) is 0 Å². The van der Waals surface area contributed by atoms with E-state index in [0.29, 0.717) is 11.3 Å². The van der Waals surface area contributed by atoms with Gasteiger partial charge in [0, 0.05) is 12.1 Å². The zero-order chi connectivity index (χ0) is 24.6. The number of nitrogens with one attached hydrogen (secondary N) is 1. The fourth-order valence-electron chi connectivity index (χ4n) is 3.16. The quantitative estimate of drug-likeness (QED) is 0.133. The molecule has 0 aliphatic carbocycles. The molecule has 0 spiro atoms. The van der Waals surface area contributed by atoms with Crippen LogP contribution < -0.4 is 14.9 Å². The number of amides is 1. The van der Waals surface area contributed by atoms with Crippen LogP contribution in [0.2, 0.25) is 0 Å². The first kappa shape index (κ1) is 23.1. The Morgan fingerprint density at radius 1 is 0.886 bits per heavy atom. The molecule has 0 unspecified atom stereocenters. The second kappa shape index (κ2) is 10.7. The van der Waals surface area contributed by atoms with Crippen LogP contribution in [0.4, 0.5) is 5.69 Å². The Bertz CT molecular complexity index is 1420. The number of rotatable bonds is 8. The van der Waals surface area contributed by atoms with Gasteiger partial charge in [-0.3, -0.25) is 14.9 Å². The Balaban J connectivity index is 1.29. The van der Waals surface area contributed by atoms with Crippen LogP contribution in [0.5, 0.6) is 11.5 Å². The SMILES string of the molecule is O=C(COc1ccc2ccccc2c1)N/N=C\c1cccc(OC(=O)c2ccc([N+](=O)[O-])cc2)c1. The number of benzene rings is 4. The summed E-state index contributed by atoms with van der Waals surface area (Å²) in [5.74, 6) is -0.267. The van der Waals surface area contributed by atoms with Crippen molar-refractivity contribution in [3.63, 3.8) is 0 Å². The van der Waals surface area contributed by atoms with E-state index in [9.17, 15) is 19.7 Å². The predicted octanol–water partition coefficient (Wildman–Crippen LogP) is 4.50. The number of nitrogens with zero attached hydrogens (tertiary/aromatic N) is 2. The summed E-state index contributed by atoms with van der Waals surface area (Å²) < 4.78 is 10.8. The van der Waals surface area contributed by atoms with Gasteiger partial charge in [0.1, 0.15) is 11.5 Å². The largest absolute Gasteiger partial charge is 0.484 e. The number of non-ortho nitro benzene ring substituents is 1. The molecule has 1 amide bonds. The predicted molar refractivity (Wildman–Crippen MR) is 130 cm³/mol. The molecule has 1 N–H and O–H groups in total. The van der Waals surface area contributed by atoms with Crippen LogP contribution in [0, 0.1) is 10.1 Å². The first-order valence-electron chi connectivity index (χ1n) is 10.5. The van der Waals surface area contributed by atoms with Crippen molar-refractivity contribution in [3.05, 3.63) is 112 Å². The number of fused-ring (bicyclic) bond motifs is 1. The van der Waals surface area contributed by atoms with Crippen molar-refractivity contribution in [2.45, 2.75) is 0 Å². The van der Waals surface area contributed by atoms with Gasteiger partial charge in [0.2, 0.25) is 0 Å². The number of ether oxygens (including phenoxy) is 2. The zero-order valence-electron chi connectivity index (χ0n) is 18.3. The number of carbonyl (C=O) groups excluding carboxylic acids is 2. The second-order valence-corrected chi connectivity index (χ2v) is 7.36. The fourth-order valence-corrected chi connectivity index (χ4v) is 3.16. The van der Waals surface area contributed by atoms with E-state index in [2.05, 4.69) is 10.5 Å². The van der Waals surface area contributed by atoms with Gasteiger partial charge in [-0.05, 0) is 52.7 Å². The van der Waals surface area contributed by atoms with E-state index in [0.717, 1.165) is 10.8 Å². The highest BCUT2D eigenvalue weighted by Gasteiger charge is 2.12. The molecule has 4 rings (SSSR count). The molecular formula is C26H19N3O6. The molecule has 4 aromatic rings. The number of hydrogen-bond acceptors (Lipinski definition) is 7. The van der Waals surface area contributed by atoms with E-state index >= 15 is 0 Å². The van der Waals surface area contributed by atoms with Gasteiger partial charge in [-0.1, -0.05) is 42.5 Å². The maximum Gasteiger partial charge on any atom is 0.343 e. The van der Waals surface area contributed by atoms with Crippen molar-refractivity contribution in [3.8, 4) is 11.5 Å². The third-order valence-electron chi connectivity index (χ3n) is 4.88. The molecule has 0 aliphatic rings. The van der Waals surface area contributed by atoms with Crippen LogP contribution in [0.25, 0.3) is 10.8 Å². The van der Waals surface area contributed by atoms with Gasteiger partial charge in [-0.2, -0.15) is 5.10 Å². The minimum atomic E-state index is -0.659. The van der Waals surface area contributed by atoms with Crippen LogP contribution in [0.15, 0.2) is 96.1 Å². The van der Waals surface area contributed by atoms with Crippen molar-refractivity contribution in [1.82, 2.24) is 5.43 Å². The van der Waals surface area contributed by atoms with E-state index in [1.165, 1.54) is 30.5 Å². The van der Waals surface area contributed by atoms with Gasteiger partial charge in [-0.25, -0.2) is 10.2 Å². The Kier molecular flexibility index (Phi) is 7.08. The molecular weight excluding hydrogens is 450 g/mol. The highest BCUT2D eigenvalue weighted by atomic mass is 16.6. The summed E-state index contributed by atoms with van der Waals surface area (Å²) in [5.41, 5.74) is 3.01. The molecule has 174 valence electrons. The van der Waals surface area contributed by atoms with Crippen LogP contribution >= 0.6 is 0 Å². The molecule has 35 heavy (non-hydrogen) atoms. The van der Waals surface area contributed by atoms with Crippen LogP contribution in [-0.4, -0.2) is 29.6 Å². The Labute approximate surface area is 199 Å². The molecule has 0 bridgehead atoms. The lowest BCUT2D eigenvalue weighted by molar-refractivity contribution is -0.384. The minimum Gasteiger partial charge on any atom is -0.484 e. The van der Waals surface area contributed by atoms with Crippen molar-refractivity contribution in [2.24, 2.45) is 5.10 Å². The zero-order valence-corrected chi connectivity index (χ0v) is 18.3. The molecule has 0 aliphatic heterocycles. The number of hydrogen-bond donors (Lipinski definition) is 1. The van der Waals surface area contributed by atoms with E-state index in [1.54, 1.807) is 30.3 Å². The Hall–Kier alpha value is -5.05. The maximum absolute atomic E-state index is 12.3. The summed E-state index contributed by atoms with van der Waals surface area (Å²) in [4.78, 5) is 34.5. The van der Waals surface area contributed by atoms with Crippen LogP contribution in [-0.2, 0) is 4.79 Å². The summed E-state index contributed by atoms with van der Waals surface area (Å²) in [5, 5.41) is 16.7. The van der Waals surface area contributed by atoms with E-state index < -0.39 is 16.8 Å². The van der Waals surface area contributed by atoms with Crippen LogP contribution in [0.3, 0.4) is 0 Å². The molecule has 0 atom stereocenters. The number of nitro benzene ring substituents is 1. The molecule has 0 saturated carbocycles. The third kappa shape index (κ3) is 6.26. The summed E-state index contributed by atoms with van der Waals surface area (Å²) in [6.07, 6.45) is 1.40. The third-order valence-corrected chi connectivity index (χ3v) is 4.88. The lowest BCUT2D eigenvalue weighted by Crippen LogP contribution is -2.24. The number of hydrazone groups is 1. The molecule has 0 fully saturated rings. The molecule has 0 radical (unpaired) electrons. The average molecular weight is 469 g/mol. The first-order chi connectivity index (χ1) is 17.0. The van der Waals surface area contributed by atoms with E-state index in [1.807, 2.05) is 36.4 Å². The molecule has 9 nitrogen and oxygen atoms in total. The monoisotopic (exact) mass is 469 g/mol. The second-order valence-electron chi connectivity index (χ2n) is 7.36. The molecule has 4 aromatic carbocycles. The lowest BCUT2D eigenvalue weighted by Gasteiger charge is -2.06. The topological polar surface area (TPSA) is 120 Å². The van der Waals surface area contributed by atoms with E-state index in [-0.39, 0.29) is 23.6 Å². The molecule has 0 aromatic heterocycles. The summed E-state index contributed by atoms with van der Waals surface area (Å²) in [6.45, 7) is -0.206. The highest BCUT2D eigenvalue weighted by Crippen LogP contribution is 2.20. The Morgan fingerprint density at radius 2 is 1.66 bits per heavy atom. The normalized spacial score (nSPS) is 10.7. The standard InChI is InChI=1S/C26H19N3O6/c30-25(17-34-23-13-10-19-5-1-2-6-21(19)15-23)28-27-16-18-4-3-7-24(14-18)35-26(31)20-8-11-22(12-9-20)29(32)33/h1-16H,17H2,(H,28,30)/b27-16-. The maximum atomic E-state index is 12.3. The van der Waals surface area contributed by atoms with Gasteiger partial charge in [0.25, 0.3) is 11.6 Å². The van der Waals surface area contributed by atoms with Crippen molar-refractivity contribution < 1.29 is 24.0 Å². The first-order valence-corrected chi connectivity index (χ1v) is 10.5. The smallest absolute Gasteiger partial charge is 0.343 e. The van der Waals surface area contributed by atoms with Gasteiger partial charge in [0.15, 0.2) is 6.61 Å². The van der Waals surface area contributed by atoms with Gasteiger partial charge >= 0.3 is 5.97 Å². The Morgan fingerprint density at radius 3 is 2.43 bits per heavy atom. The van der Waals surface area contributed by atoms with Gasteiger partial charge < -0.3 is 9.47 Å². The molecule has 0 heterocycles. The number of esters is 1. The number of carbonyl (C=O) groups is 2. The van der Waals surface area contributed by atoms with Gasteiger partial charge in [0.05, 0.1) is 16.7 Å². The van der Waals surface area contributed by atoms with E-state index in [4.69, 9.17) is 9.47 Å². The molecule has 9 heteroatoms. The van der Waals surface area contributed by atoms with Crippen LogP contribution in [0.1, 0.15) is 15.9 Å². The summed E-state index contributed by atoms with van der Waals surface area (Å²) in [6, 6.07) is 25.0. The minimum absolute atomic E-state index is 0.121. The average Bonchev–Trinajstić information content (AvgIpc) is 2.87. The fraction of sp³-hybridized carbons (Fsp3) is 0.0385. The molecule has 0 saturated heterocycles. The van der Waals surface area contributed by atoms with Crippen molar-refractivity contribution in [2.75, 3.05) is 6.61 Å². The van der Waals surface area contributed by atoms with Crippen molar-refractivity contribution >= 4 is 34.6 Å². The highest BCUT2D eigenvalue weighted by molar-refractivity contribution is 5.91.